The molecule has 2 aromatic heterocycles. The second-order valence-electron chi connectivity index (χ2n) is 8.11. The zero-order valence-corrected chi connectivity index (χ0v) is 19.0. The zero-order valence-electron chi connectivity index (χ0n) is 17.5. The lowest BCUT2D eigenvalue weighted by Crippen LogP contribution is -2.47. The van der Waals surface area contributed by atoms with E-state index in [1.807, 2.05) is 16.5 Å². The maximum Gasteiger partial charge on any atom is 0.225 e. The van der Waals surface area contributed by atoms with Crippen LogP contribution in [0.1, 0.15) is 36.7 Å². The van der Waals surface area contributed by atoms with E-state index in [2.05, 4.69) is 19.8 Å². The number of ether oxygens (including phenoxy) is 1. The predicted octanol–water partition coefficient (Wildman–Crippen LogP) is 1.86. The van der Waals surface area contributed by atoms with E-state index < -0.39 is 15.8 Å². The zero-order chi connectivity index (χ0) is 22.2. The summed E-state index contributed by atoms with van der Waals surface area (Å²) < 4.78 is 47.6. The molecule has 0 aromatic carbocycles. The van der Waals surface area contributed by atoms with Gasteiger partial charge in [-0.25, -0.2) is 27.5 Å². The number of halogens is 2. The SMILES string of the molecule is Cc1nn2c(c1Cl)CCC(NS(C)(=O)=O)C2COC1CCN(c2ncc(F)cn2)CC1. The van der Waals surface area contributed by atoms with Crippen molar-refractivity contribution in [3.63, 3.8) is 0 Å². The fourth-order valence-corrected chi connectivity index (χ4v) is 5.30. The van der Waals surface area contributed by atoms with Gasteiger partial charge in [0.25, 0.3) is 0 Å². The first-order valence-corrected chi connectivity index (χ1v) is 12.5. The fraction of sp³-hybridized carbons (Fsp3) is 0.632. The largest absolute Gasteiger partial charge is 0.376 e. The van der Waals surface area contributed by atoms with Gasteiger partial charge in [-0.15, -0.1) is 0 Å². The highest BCUT2D eigenvalue weighted by atomic mass is 35.5. The molecule has 0 bridgehead atoms. The Hall–Kier alpha value is -1.82. The number of anilines is 1. The molecule has 0 spiro atoms. The number of aryl methyl sites for hydroxylation is 1. The molecular weight excluding hydrogens is 447 g/mol. The third kappa shape index (κ3) is 5.16. The van der Waals surface area contributed by atoms with Gasteiger partial charge < -0.3 is 9.64 Å². The van der Waals surface area contributed by atoms with E-state index >= 15 is 0 Å². The van der Waals surface area contributed by atoms with E-state index in [1.165, 1.54) is 0 Å². The Bertz CT molecular complexity index is 1020. The number of hydrogen-bond acceptors (Lipinski definition) is 7. The van der Waals surface area contributed by atoms with Gasteiger partial charge >= 0.3 is 0 Å². The van der Waals surface area contributed by atoms with E-state index in [1.54, 1.807) is 0 Å². The maximum absolute atomic E-state index is 13.0. The highest BCUT2D eigenvalue weighted by molar-refractivity contribution is 7.88. The molecule has 1 saturated heterocycles. The Morgan fingerprint density at radius 3 is 2.58 bits per heavy atom. The normalized spacial score (nSPS) is 22.5. The van der Waals surface area contributed by atoms with Crippen LogP contribution in [0.4, 0.5) is 10.3 Å². The van der Waals surface area contributed by atoms with Crippen molar-refractivity contribution in [1.29, 1.82) is 0 Å². The highest BCUT2D eigenvalue weighted by Gasteiger charge is 2.35. The molecule has 0 saturated carbocycles. The van der Waals surface area contributed by atoms with Crippen LogP contribution in [-0.4, -0.2) is 66.3 Å². The third-order valence-electron chi connectivity index (χ3n) is 5.78. The molecule has 2 aliphatic heterocycles. The van der Waals surface area contributed by atoms with Crippen LogP contribution < -0.4 is 9.62 Å². The summed E-state index contributed by atoms with van der Waals surface area (Å²) in [6, 6.07) is -0.589. The Balaban J connectivity index is 1.41. The van der Waals surface area contributed by atoms with Crippen LogP contribution in [0, 0.1) is 12.7 Å². The summed E-state index contributed by atoms with van der Waals surface area (Å²) in [5, 5.41) is 5.18. The first-order valence-electron chi connectivity index (χ1n) is 10.3. The minimum atomic E-state index is -3.37. The maximum atomic E-state index is 13.0. The van der Waals surface area contributed by atoms with Crippen LogP contribution in [0.2, 0.25) is 5.02 Å². The van der Waals surface area contributed by atoms with Gasteiger partial charge in [-0.1, -0.05) is 11.6 Å². The summed E-state index contributed by atoms with van der Waals surface area (Å²) in [6.07, 6.45) is 6.33. The standard InChI is InChI=1S/C19H26ClFN6O3S/c1-12-18(20)16-4-3-15(25-31(2,28)29)17(27(16)24-12)11-30-14-5-7-26(8-6-14)19-22-9-13(21)10-23-19/h9-10,14-15,17,25H,3-8,11H2,1-2H3. The van der Waals surface area contributed by atoms with Crippen LogP contribution in [-0.2, 0) is 21.2 Å². The molecule has 2 unspecified atom stereocenters. The Morgan fingerprint density at radius 1 is 1.26 bits per heavy atom. The van der Waals surface area contributed by atoms with Crippen molar-refractivity contribution in [2.75, 3.05) is 30.9 Å². The predicted molar refractivity (Wildman–Crippen MR) is 114 cm³/mol. The van der Waals surface area contributed by atoms with Crippen molar-refractivity contribution < 1.29 is 17.5 Å². The van der Waals surface area contributed by atoms with E-state index in [-0.39, 0.29) is 18.2 Å². The first kappa shape index (κ1) is 22.4. The van der Waals surface area contributed by atoms with Crippen LogP contribution in [0.15, 0.2) is 12.4 Å². The average Bonchev–Trinajstić information content (AvgIpc) is 3.01. The summed E-state index contributed by atoms with van der Waals surface area (Å²) in [7, 11) is -3.37. The van der Waals surface area contributed by atoms with E-state index in [9.17, 15) is 12.8 Å². The number of fused-ring (bicyclic) bond motifs is 1. The summed E-state index contributed by atoms with van der Waals surface area (Å²) in [4.78, 5) is 10.1. The molecular formula is C19H26ClFN6O3S. The van der Waals surface area contributed by atoms with E-state index in [0.29, 0.717) is 43.5 Å². The molecule has 1 fully saturated rings. The Morgan fingerprint density at radius 2 is 1.94 bits per heavy atom. The van der Waals surface area contributed by atoms with Gasteiger partial charge in [0, 0.05) is 19.1 Å². The van der Waals surface area contributed by atoms with Gasteiger partial charge in [-0.2, -0.15) is 5.10 Å². The molecule has 2 aromatic rings. The number of aromatic nitrogens is 4. The second kappa shape index (κ2) is 8.97. The molecule has 2 atom stereocenters. The minimum absolute atomic E-state index is 0.0214. The number of rotatable bonds is 6. The van der Waals surface area contributed by atoms with Crippen molar-refractivity contribution in [1.82, 2.24) is 24.5 Å². The smallest absolute Gasteiger partial charge is 0.225 e. The van der Waals surface area contributed by atoms with E-state index in [0.717, 1.165) is 42.9 Å². The van der Waals surface area contributed by atoms with Gasteiger partial charge in [0.2, 0.25) is 16.0 Å². The molecule has 2 aliphatic rings. The highest BCUT2D eigenvalue weighted by Crippen LogP contribution is 2.32. The average molecular weight is 473 g/mol. The quantitative estimate of drug-likeness (QED) is 0.684. The lowest BCUT2D eigenvalue weighted by atomic mass is 9.98. The van der Waals surface area contributed by atoms with Crippen molar-refractivity contribution in [2.24, 2.45) is 0 Å². The molecule has 0 amide bonds. The Labute approximate surface area is 186 Å². The van der Waals surface area contributed by atoms with Gasteiger partial charge in [-0.3, -0.25) is 4.68 Å². The van der Waals surface area contributed by atoms with Crippen molar-refractivity contribution in [2.45, 2.75) is 50.8 Å². The van der Waals surface area contributed by atoms with E-state index in [4.69, 9.17) is 16.3 Å². The molecule has 4 heterocycles. The lowest BCUT2D eigenvalue weighted by molar-refractivity contribution is 0.00601. The number of piperidine rings is 1. The van der Waals surface area contributed by atoms with Gasteiger partial charge in [0.15, 0.2) is 5.82 Å². The molecule has 9 nitrogen and oxygen atoms in total. The minimum Gasteiger partial charge on any atom is -0.376 e. The van der Waals surface area contributed by atoms with Crippen LogP contribution in [0.5, 0.6) is 0 Å². The van der Waals surface area contributed by atoms with Gasteiger partial charge in [0.05, 0.1) is 53.8 Å². The van der Waals surface area contributed by atoms with Crippen LogP contribution in [0.3, 0.4) is 0 Å². The number of hydrogen-bond donors (Lipinski definition) is 1. The molecule has 12 heteroatoms. The fourth-order valence-electron chi connectivity index (χ4n) is 4.25. The monoisotopic (exact) mass is 472 g/mol. The number of nitrogens with zero attached hydrogens (tertiary/aromatic N) is 5. The van der Waals surface area contributed by atoms with Crippen LogP contribution >= 0.6 is 11.6 Å². The summed E-state index contributed by atoms with van der Waals surface area (Å²) in [6.45, 7) is 3.57. The molecule has 0 radical (unpaired) electrons. The summed E-state index contributed by atoms with van der Waals surface area (Å²) >= 11 is 6.40. The van der Waals surface area contributed by atoms with Gasteiger partial charge in [-0.05, 0) is 32.6 Å². The first-order chi connectivity index (χ1) is 14.7. The second-order valence-corrected chi connectivity index (χ2v) is 10.3. The van der Waals surface area contributed by atoms with Crippen LogP contribution in [0.25, 0.3) is 0 Å². The summed E-state index contributed by atoms with van der Waals surface area (Å²) in [5.74, 6) is 0.0517. The van der Waals surface area contributed by atoms with Gasteiger partial charge in [0.1, 0.15) is 0 Å². The molecule has 31 heavy (non-hydrogen) atoms. The van der Waals surface area contributed by atoms with Crippen molar-refractivity contribution >= 4 is 27.6 Å². The number of sulfonamides is 1. The molecule has 0 aliphatic carbocycles. The number of nitrogens with one attached hydrogen (secondary N) is 1. The third-order valence-corrected chi connectivity index (χ3v) is 7.00. The lowest BCUT2D eigenvalue weighted by Gasteiger charge is -2.36. The van der Waals surface area contributed by atoms with Crippen molar-refractivity contribution in [3.8, 4) is 0 Å². The summed E-state index contributed by atoms with van der Waals surface area (Å²) in [5.41, 5.74) is 1.65. The topological polar surface area (TPSA) is 102 Å². The molecule has 170 valence electrons. The molecule has 1 N–H and O–H groups in total. The molecule has 4 rings (SSSR count). The Kier molecular flexibility index (Phi) is 6.47. The van der Waals surface area contributed by atoms with Crippen molar-refractivity contribution in [3.05, 3.63) is 34.6 Å².